The molecule has 1 rings (SSSR count). The van der Waals surface area contributed by atoms with E-state index in [1.165, 1.54) is 7.11 Å². The first kappa shape index (κ1) is 13.8. The molecule has 94 valence electrons. The minimum atomic E-state index is -0.228. The lowest BCUT2D eigenvalue weighted by molar-refractivity contribution is -0.146. The Morgan fingerprint density at radius 2 is 2.24 bits per heavy atom. The third kappa shape index (κ3) is 4.65. The van der Waals surface area contributed by atoms with Crippen molar-refractivity contribution in [2.75, 3.05) is 13.7 Å². The lowest BCUT2D eigenvalue weighted by Crippen LogP contribution is -2.23. The van der Waals surface area contributed by atoms with Gasteiger partial charge in [0.15, 0.2) is 0 Å². The van der Waals surface area contributed by atoms with Gasteiger partial charge >= 0.3 is 5.97 Å². The predicted octanol–water partition coefficient (Wildman–Crippen LogP) is 3.31. The molecule has 0 amide bonds. The van der Waals surface area contributed by atoms with Crippen molar-refractivity contribution < 1.29 is 14.3 Å². The second kappa shape index (κ2) is 7.17. The number of carbonyl (C=O) groups is 1. The summed E-state index contributed by atoms with van der Waals surface area (Å²) in [7, 11) is 1.39. The highest BCUT2D eigenvalue weighted by Gasteiger charge is 2.18. The maximum absolute atomic E-state index is 11.5. The van der Waals surface area contributed by atoms with E-state index in [-0.39, 0.29) is 11.9 Å². The van der Waals surface area contributed by atoms with E-state index in [0.29, 0.717) is 17.4 Å². The van der Waals surface area contributed by atoms with Crippen LogP contribution in [0.15, 0.2) is 24.3 Å². The molecule has 0 radical (unpaired) electrons. The van der Waals surface area contributed by atoms with E-state index in [9.17, 15) is 4.79 Å². The van der Waals surface area contributed by atoms with Gasteiger partial charge in [-0.05, 0) is 24.6 Å². The third-order valence-electron chi connectivity index (χ3n) is 2.42. The van der Waals surface area contributed by atoms with Gasteiger partial charge in [-0.3, -0.25) is 4.79 Å². The highest BCUT2D eigenvalue weighted by Crippen LogP contribution is 2.19. The number of carbonyl (C=O) groups excluding carboxylic acids is 1. The van der Waals surface area contributed by atoms with Crippen LogP contribution in [0.1, 0.15) is 19.8 Å². The van der Waals surface area contributed by atoms with Gasteiger partial charge in [0.2, 0.25) is 0 Å². The first-order valence-corrected chi connectivity index (χ1v) is 6.01. The molecule has 0 N–H and O–H groups in total. The maximum Gasteiger partial charge on any atom is 0.312 e. The second-order valence-electron chi connectivity index (χ2n) is 3.78. The molecule has 0 saturated heterocycles. The molecule has 0 saturated carbocycles. The van der Waals surface area contributed by atoms with Gasteiger partial charge in [-0.1, -0.05) is 31.0 Å². The van der Waals surface area contributed by atoms with Crippen LogP contribution < -0.4 is 4.74 Å². The molecular weight excluding hydrogens is 240 g/mol. The Labute approximate surface area is 107 Å². The fourth-order valence-corrected chi connectivity index (χ4v) is 1.72. The zero-order valence-electron chi connectivity index (χ0n) is 10.1. The molecule has 0 spiro atoms. The van der Waals surface area contributed by atoms with E-state index in [1.807, 2.05) is 19.1 Å². The first-order valence-electron chi connectivity index (χ1n) is 5.63. The van der Waals surface area contributed by atoms with Gasteiger partial charge < -0.3 is 9.47 Å². The summed E-state index contributed by atoms with van der Waals surface area (Å²) in [6, 6.07) is 7.12. The molecule has 0 aliphatic rings. The average Bonchev–Trinajstić information content (AvgIpc) is 2.33. The summed E-state index contributed by atoms with van der Waals surface area (Å²) in [4.78, 5) is 11.5. The summed E-state index contributed by atoms with van der Waals surface area (Å²) < 4.78 is 10.3. The van der Waals surface area contributed by atoms with E-state index >= 15 is 0 Å². The normalized spacial score (nSPS) is 11.9. The highest BCUT2D eigenvalue weighted by molar-refractivity contribution is 6.30. The van der Waals surface area contributed by atoms with Crippen molar-refractivity contribution >= 4 is 17.6 Å². The van der Waals surface area contributed by atoms with Gasteiger partial charge in [0.25, 0.3) is 0 Å². The van der Waals surface area contributed by atoms with E-state index in [2.05, 4.69) is 0 Å². The topological polar surface area (TPSA) is 35.5 Å². The second-order valence-corrected chi connectivity index (χ2v) is 4.21. The predicted molar refractivity (Wildman–Crippen MR) is 67.4 cm³/mol. The van der Waals surface area contributed by atoms with Crippen LogP contribution in [-0.2, 0) is 9.53 Å². The molecule has 17 heavy (non-hydrogen) atoms. The molecule has 0 aromatic heterocycles. The van der Waals surface area contributed by atoms with Crippen molar-refractivity contribution in [1.29, 1.82) is 0 Å². The number of halogens is 1. The number of methoxy groups -OCH3 is 1. The van der Waals surface area contributed by atoms with Crippen molar-refractivity contribution in [3.05, 3.63) is 29.3 Å². The standard InChI is InChI=1S/C13H17ClO3/c1-3-5-10(13(15)16-2)9-17-12-7-4-6-11(14)8-12/h4,6-8,10H,3,5,9H2,1-2H3. The Morgan fingerprint density at radius 3 is 2.82 bits per heavy atom. The van der Waals surface area contributed by atoms with E-state index in [4.69, 9.17) is 21.1 Å². The molecule has 0 aliphatic carbocycles. The van der Waals surface area contributed by atoms with Gasteiger partial charge in [-0.2, -0.15) is 0 Å². The summed E-state index contributed by atoms with van der Waals surface area (Å²) in [5, 5.41) is 0.618. The maximum atomic E-state index is 11.5. The van der Waals surface area contributed by atoms with Crippen LogP contribution in [0, 0.1) is 5.92 Å². The number of esters is 1. The van der Waals surface area contributed by atoms with E-state index in [0.717, 1.165) is 12.8 Å². The van der Waals surface area contributed by atoms with Crippen LogP contribution >= 0.6 is 11.6 Å². The van der Waals surface area contributed by atoms with Crippen molar-refractivity contribution in [3.8, 4) is 5.75 Å². The Kier molecular flexibility index (Phi) is 5.84. The fraction of sp³-hybridized carbons (Fsp3) is 0.462. The molecule has 0 heterocycles. The Balaban J connectivity index is 2.54. The van der Waals surface area contributed by atoms with Gasteiger partial charge in [-0.25, -0.2) is 0 Å². The minimum absolute atomic E-state index is 0.219. The summed E-state index contributed by atoms with van der Waals surface area (Å²) >= 11 is 5.84. The number of ether oxygens (including phenoxy) is 2. The smallest absolute Gasteiger partial charge is 0.312 e. The molecule has 0 aliphatic heterocycles. The summed E-state index contributed by atoms with van der Waals surface area (Å²) in [6.07, 6.45) is 1.67. The highest BCUT2D eigenvalue weighted by atomic mass is 35.5. The molecule has 1 aromatic rings. The molecule has 3 nitrogen and oxygen atoms in total. The van der Waals surface area contributed by atoms with Crippen molar-refractivity contribution in [2.24, 2.45) is 5.92 Å². The first-order chi connectivity index (χ1) is 8.17. The van der Waals surface area contributed by atoms with Crippen LogP contribution in [0.2, 0.25) is 5.02 Å². The lowest BCUT2D eigenvalue weighted by Gasteiger charge is -2.14. The number of hydrogen-bond acceptors (Lipinski definition) is 3. The summed E-state index contributed by atoms with van der Waals surface area (Å²) in [5.74, 6) is 0.223. The van der Waals surface area contributed by atoms with Crippen LogP contribution in [0.5, 0.6) is 5.75 Å². The number of rotatable bonds is 6. The van der Waals surface area contributed by atoms with Crippen LogP contribution in [-0.4, -0.2) is 19.7 Å². The van der Waals surface area contributed by atoms with E-state index < -0.39 is 0 Å². The van der Waals surface area contributed by atoms with Gasteiger partial charge in [0, 0.05) is 5.02 Å². The van der Waals surface area contributed by atoms with Gasteiger partial charge in [0.1, 0.15) is 12.4 Å². The SMILES string of the molecule is CCCC(COc1cccc(Cl)c1)C(=O)OC. The van der Waals surface area contributed by atoms with Crippen LogP contribution in [0.4, 0.5) is 0 Å². The summed E-state index contributed by atoms with van der Waals surface area (Å²) in [6.45, 7) is 2.34. The average molecular weight is 257 g/mol. The van der Waals surface area contributed by atoms with Crippen molar-refractivity contribution in [1.82, 2.24) is 0 Å². The quantitative estimate of drug-likeness (QED) is 0.733. The lowest BCUT2D eigenvalue weighted by atomic mass is 10.1. The zero-order chi connectivity index (χ0) is 12.7. The molecule has 0 bridgehead atoms. The minimum Gasteiger partial charge on any atom is -0.493 e. The molecule has 0 fully saturated rings. The van der Waals surface area contributed by atoms with Crippen LogP contribution in [0.3, 0.4) is 0 Å². The molecule has 1 atom stereocenters. The molecule has 1 unspecified atom stereocenters. The number of benzene rings is 1. The van der Waals surface area contributed by atoms with Crippen molar-refractivity contribution in [2.45, 2.75) is 19.8 Å². The fourth-order valence-electron chi connectivity index (χ4n) is 1.54. The summed E-state index contributed by atoms with van der Waals surface area (Å²) in [5.41, 5.74) is 0. The molecule has 1 aromatic carbocycles. The van der Waals surface area contributed by atoms with E-state index in [1.54, 1.807) is 12.1 Å². The third-order valence-corrected chi connectivity index (χ3v) is 2.65. The van der Waals surface area contributed by atoms with Gasteiger partial charge in [-0.15, -0.1) is 0 Å². The van der Waals surface area contributed by atoms with Crippen LogP contribution in [0.25, 0.3) is 0 Å². The Hall–Kier alpha value is -1.22. The largest absolute Gasteiger partial charge is 0.493 e. The number of hydrogen-bond donors (Lipinski definition) is 0. The Morgan fingerprint density at radius 1 is 1.47 bits per heavy atom. The molecular formula is C13H17ClO3. The monoisotopic (exact) mass is 256 g/mol. The van der Waals surface area contributed by atoms with Gasteiger partial charge in [0.05, 0.1) is 13.0 Å². The zero-order valence-corrected chi connectivity index (χ0v) is 10.9. The van der Waals surface area contributed by atoms with Crippen molar-refractivity contribution in [3.63, 3.8) is 0 Å². The Bertz CT molecular complexity index is 365. The molecule has 4 heteroatoms.